The molecule has 0 aromatic heterocycles. The quantitative estimate of drug-likeness (QED) is 0.870. The van der Waals surface area contributed by atoms with Crippen molar-refractivity contribution >= 4 is 11.6 Å². The predicted molar refractivity (Wildman–Crippen MR) is 75.8 cm³/mol. The summed E-state index contributed by atoms with van der Waals surface area (Å²) in [5.74, 6) is 0.00628. The Morgan fingerprint density at radius 1 is 1.37 bits per heavy atom. The van der Waals surface area contributed by atoms with Gasteiger partial charge in [0.15, 0.2) is 0 Å². The number of hydrogen-bond acceptors (Lipinski definition) is 2. The average Bonchev–Trinajstić information content (AvgIpc) is 2.85. The smallest absolute Gasteiger partial charge is 0.124 e. The minimum absolute atomic E-state index is 0.214. The van der Waals surface area contributed by atoms with E-state index in [1.165, 1.54) is 37.8 Å². The van der Waals surface area contributed by atoms with Crippen LogP contribution in [0.1, 0.15) is 43.6 Å². The molecule has 0 aliphatic heterocycles. The molecule has 2 nitrogen and oxygen atoms in total. The Bertz CT molecular complexity index is 421. The Morgan fingerprint density at radius 3 is 2.63 bits per heavy atom. The molecule has 1 aliphatic rings. The second-order valence-corrected chi connectivity index (χ2v) is 5.87. The summed E-state index contributed by atoms with van der Waals surface area (Å²) in [7, 11) is 0. The lowest BCUT2D eigenvalue weighted by Gasteiger charge is -2.25. The summed E-state index contributed by atoms with van der Waals surface area (Å²) in [6, 6.07) is 4.28. The lowest BCUT2D eigenvalue weighted by molar-refractivity contribution is 0.116. The molecule has 0 saturated heterocycles. The molecule has 19 heavy (non-hydrogen) atoms. The molecule has 1 fully saturated rings. The first-order valence-corrected chi connectivity index (χ1v) is 7.32. The van der Waals surface area contributed by atoms with Crippen molar-refractivity contribution in [1.82, 2.24) is 0 Å². The number of halogens is 2. The van der Waals surface area contributed by atoms with E-state index in [9.17, 15) is 9.50 Å². The van der Waals surface area contributed by atoms with Gasteiger partial charge in [0.1, 0.15) is 5.82 Å². The van der Waals surface area contributed by atoms with Crippen molar-refractivity contribution < 1.29 is 9.50 Å². The minimum Gasteiger partial charge on any atom is -0.392 e. The van der Waals surface area contributed by atoms with Crippen LogP contribution < -0.4 is 5.73 Å². The lowest BCUT2D eigenvalue weighted by atomic mass is 9.87. The highest BCUT2D eigenvalue weighted by Crippen LogP contribution is 2.34. The van der Waals surface area contributed by atoms with Crippen LogP contribution in [0, 0.1) is 11.7 Å². The van der Waals surface area contributed by atoms with Gasteiger partial charge in [-0.1, -0.05) is 43.4 Å². The van der Waals surface area contributed by atoms with Crippen LogP contribution >= 0.6 is 11.6 Å². The summed E-state index contributed by atoms with van der Waals surface area (Å²) in [4.78, 5) is 0. The molecule has 106 valence electrons. The second-order valence-electron chi connectivity index (χ2n) is 5.46. The first-order valence-electron chi connectivity index (χ1n) is 6.95. The lowest BCUT2D eigenvalue weighted by Crippen LogP contribution is -2.28. The van der Waals surface area contributed by atoms with Crippen LogP contribution in [-0.2, 0) is 0 Å². The standard InChI is InChI=1S/C15H21ClFNO/c16-14-8-11(17)5-6-12(14)13(9-18)15(19)7-10-3-1-2-4-10/h5-6,8,10,13,15,19H,1-4,7,9,18H2. The van der Waals surface area contributed by atoms with E-state index in [1.54, 1.807) is 6.07 Å². The number of rotatable bonds is 5. The molecule has 1 saturated carbocycles. The minimum atomic E-state index is -0.504. The van der Waals surface area contributed by atoms with Crippen LogP contribution in [0.2, 0.25) is 5.02 Å². The van der Waals surface area contributed by atoms with E-state index in [2.05, 4.69) is 0 Å². The molecule has 0 bridgehead atoms. The van der Waals surface area contributed by atoms with Crippen molar-refractivity contribution in [3.8, 4) is 0 Å². The van der Waals surface area contributed by atoms with Crippen molar-refractivity contribution in [2.24, 2.45) is 11.7 Å². The Balaban J connectivity index is 2.09. The van der Waals surface area contributed by atoms with Gasteiger partial charge < -0.3 is 10.8 Å². The molecular formula is C15H21ClFNO. The average molecular weight is 286 g/mol. The van der Waals surface area contributed by atoms with Crippen molar-refractivity contribution in [2.45, 2.75) is 44.1 Å². The van der Waals surface area contributed by atoms with Gasteiger partial charge in [0.2, 0.25) is 0 Å². The van der Waals surface area contributed by atoms with Crippen molar-refractivity contribution in [3.63, 3.8) is 0 Å². The van der Waals surface area contributed by atoms with Crippen molar-refractivity contribution in [2.75, 3.05) is 6.54 Å². The van der Waals surface area contributed by atoms with Crippen LogP contribution in [0.25, 0.3) is 0 Å². The predicted octanol–water partition coefficient (Wildman–Crippen LogP) is 3.46. The third-order valence-electron chi connectivity index (χ3n) is 4.13. The fraction of sp³-hybridized carbons (Fsp3) is 0.600. The summed E-state index contributed by atoms with van der Waals surface area (Å²) in [5.41, 5.74) is 6.52. The third kappa shape index (κ3) is 3.68. The van der Waals surface area contributed by atoms with Gasteiger partial charge in [0.05, 0.1) is 6.10 Å². The normalized spacial score (nSPS) is 19.6. The Labute approximate surface area is 118 Å². The molecule has 2 atom stereocenters. The van der Waals surface area contributed by atoms with E-state index < -0.39 is 6.10 Å². The van der Waals surface area contributed by atoms with Crippen LogP contribution in [-0.4, -0.2) is 17.8 Å². The molecule has 0 heterocycles. The highest BCUT2D eigenvalue weighted by molar-refractivity contribution is 6.31. The summed E-state index contributed by atoms with van der Waals surface area (Å²) < 4.78 is 13.1. The molecule has 0 radical (unpaired) electrons. The zero-order valence-corrected chi connectivity index (χ0v) is 11.7. The van der Waals surface area contributed by atoms with Crippen molar-refractivity contribution in [1.29, 1.82) is 0 Å². The number of aliphatic hydroxyl groups excluding tert-OH is 1. The molecule has 1 aromatic carbocycles. The molecule has 0 amide bonds. The van der Waals surface area contributed by atoms with Gasteiger partial charge in [-0.2, -0.15) is 0 Å². The Hall–Kier alpha value is -0.640. The highest BCUT2D eigenvalue weighted by Gasteiger charge is 2.26. The van der Waals surface area contributed by atoms with Gasteiger partial charge >= 0.3 is 0 Å². The summed E-state index contributed by atoms with van der Waals surface area (Å²) in [5, 5.41) is 10.7. The van der Waals surface area contributed by atoms with E-state index in [4.69, 9.17) is 17.3 Å². The SMILES string of the molecule is NCC(c1ccc(F)cc1Cl)C(O)CC1CCCC1. The molecule has 2 rings (SSSR count). The molecule has 1 aromatic rings. The van der Waals surface area contributed by atoms with E-state index in [0.717, 1.165) is 12.0 Å². The maximum Gasteiger partial charge on any atom is 0.124 e. The topological polar surface area (TPSA) is 46.2 Å². The second kappa shape index (κ2) is 6.69. The monoisotopic (exact) mass is 285 g/mol. The van der Waals surface area contributed by atoms with Crippen molar-refractivity contribution in [3.05, 3.63) is 34.6 Å². The fourth-order valence-electron chi connectivity index (χ4n) is 3.05. The van der Waals surface area contributed by atoms with Crippen LogP contribution in [0.5, 0.6) is 0 Å². The number of benzene rings is 1. The largest absolute Gasteiger partial charge is 0.392 e. The molecule has 4 heteroatoms. The number of hydrogen-bond donors (Lipinski definition) is 2. The first-order chi connectivity index (χ1) is 9.11. The van der Waals surface area contributed by atoms with Gasteiger partial charge in [-0.05, 0) is 30.0 Å². The first kappa shape index (κ1) is 14.8. The Morgan fingerprint density at radius 2 is 2.05 bits per heavy atom. The summed E-state index contributed by atoms with van der Waals surface area (Å²) in [6.45, 7) is 0.319. The third-order valence-corrected chi connectivity index (χ3v) is 4.46. The van der Waals surface area contributed by atoms with E-state index in [-0.39, 0.29) is 11.7 Å². The van der Waals surface area contributed by atoms with E-state index in [0.29, 0.717) is 17.5 Å². The van der Waals surface area contributed by atoms with Gasteiger partial charge in [0.25, 0.3) is 0 Å². The van der Waals surface area contributed by atoms with Crippen LogP contribution in [0.15, 0.2) is 18.2 Å². The number of aliphatic hydroxyl groups is 1. The zero-order chi connectivity index (χ0) is 13.8. The molecule has 3 N–H and O–H groups in total. The maximum absolute atomic E-state index is 13.1. The maximum atomic E-state index is 13.1. The van der Waals surface area contributed by atoms with E-state index >= 15 is 0 Å². The zero-order valence-electron chi connectivity index (χ0n) is 11.0. The van der Waals surface area contributed by atoms with Gasteiger partial charge in [-0.25, -0.2) is 4.39 Å². The molecular weight excluding hydrogens is 265 g/mol. The highest BCUT2D eigenvalue weighted by atomic mass is 35.5. The van der Waals surface area contributed by atoms with Gasteiger partial charge in [0, 0.05) is 17.5 Å². The number of nitrogens with two attached hydrogens (primary N) is 1. The molecule has 2 unspecified atom stereocenters. The van der Waals surface area contributed by atoms with E-state index in [1.807, 2.05) is 0 Å². The summed E-state index contributed by atoms with van der Waals surface area (Å²) >= 11 is 6.06. The van der Waals surface area contributed by atoms with Gasteiger partial charge in [-0.3, -0.25) is 0 Å². The fourth-order valence-corrected chi connectivity index (χ4v) is 3.35. The Kier molecular flexibility index (Phi) is 5.20. The van der Waals surface area contributed by atoms with Crippen LogP contribution in [0.4, 0.5) is 4.39 Å². The van der Waals surface area contributed by atoms with Crippen LogP contribution in [0.3, 0.4) is 0 Å². The molecule has 0 spiro atoms. The molecule has 1 aliphatic carbocycles. The van der Waals surface area contributed by atoms with Gasteiger partial charge in [-0.15, -0.1) is 0 Å². The summed E-state index contributed by atoms with van der Waals surface area (Å²) in [6.07, 6.45) is 5.13.